The highest BCUT2D eigenvalue weighted by Crippen LogP contribution is 2.54. The van der Waals surface area contributed by atoms with Gasteiger partial charge in [0.15, 0.2) is 5.82 Å². The third-order valence-corrected chi connectivity index (χ3v) is 5.96. The fourth-order valence-corrected chi connectivity index (χ4v) is 4.31. The second-order valence-corrected chi connectivity index (χ2v) is 7.67. The maximum Gasteiger partial charge on any atom is 0.333 e. The summed E-state index contributed by atoms with van der Waals surface area (Å²) < 4.78 is 27.9. The van der Waals surface area contributed by atoms with Crippen molar-refractivity contribution in [1.82, 2.24) is 24.4 Å². The molecule has 2 fully saturated rings. The number of amides is 1. The van der Waals surface area contributed by atoms with E-state index in [1.807, 2.05) is 6.92 Å². The lowest BCUT2D eigenvalue weighted by atomic mass is 9.75. The van der Waals surface area contributed by atoms with Gasteiger partial charge in [0.2, 0.25) is 5.91 Å². The summed E-state index contributed by atoms with van der Waals surface area (Å²) in [5.74, 6) is 0.0707. The maximum absolute atomic E-state index is 13.4. The minimum atomic E-state index is -2.76. The quantitative estimate of drug-likeness (QED) is 0.675. The molecular formula is C19H17F2N7O. The Labute approximate surface area is 164 Å². The number of nitriles is 1. The standard InChI is InChI=1S/C19H17F2N7O/c1-11-7-26(17(29)19(11,10-22)13-2-3-13)16-15-4-5-23-27(15)9-14(25-16)12-6-24-28(8-12)18(20)21/h4-6,8-9,11,13,18H,2-3,7H2,1H3/t11-,19+/m1/s1. The summed E-state index contributed by atoms with van der Waals surface area (Å²) in [5, 5.41) is 17.8. The van der Waals surface area contributed by atoms with E-state index in [2.05, 4.69) is 21.3 Å². The molecule has 2 aliphatic rings. The zero-order chi connectivity index (χ0) is 20.3. The Morgan fingerprint density at radius 1 is 1.31 bits per heavy atom. The van der Waals surface area contributed by atoms with Crippen molar-refractivity contribution >= 4 is 17.2 Å². The average molecular weight is 397 g/mol. The van der Waals surface area contributed by atoms with Gasteiger partial charge in [-0.25, -0.2) is 14.2 Å². The van der Waals surface area contributed by atoms with Gasteiger partial charge in [-0.2, -0.15) is 24.2 Å². The van der Waals surface area contributed by atoms with Gasteiger partial charge in [-0.1, -0.05) is 6.92 Å². The summed E-state index contributed by atoms with van der Waals surface area (Å²) in [6, 6.07) is 4.04. The number of hydrogen-bond donors (Lipinski definition) is 0. The second-order valence-electron chi connectivity index (χ2n) is 7.67. The molecule has 0 N–H and O–H groups in total. The number of halogens is 2. The average Bonchev–Trinajstić information content (AvgIpc) is 3.16. The molecule has 0 unspecified atom stereocenters. The van der Waals surface area contributed by atoms with E-state index in [1.54, 1.807) is 27.9 Å². The van der Waals surface area contributed by atoms with E-state index in [1.165, 1.54) is 12.4 Å². The molecule has 1 saturated carbocycles. The molecule has 3 aromatic heterocycles. The molecule has 1 amide bonds. The van der Waals surface area contributed by atoms with Gasteiger partial charge in [0.05, 0.1) is 30.4 Å². The van der Waals surface area contributed by atoms with Crippen LogP contribution in [0.3, 0.4) is 0 Å². The zero-order valence-corrected chi connectivity index (χ0v) is 15.5. The first kappa shape index (κ1) is 17.7. The summed E-state index contributed by atoms with van der Waals surface area (Å²) in [5.41, 5.74) is 0.330. The summed E-state index contributed by atoms with van der Waals surface area (Å²) in [4.78, 5) is 19.5. The van der Waals surface area contributed by atoms with E-state index < -0.39 is 12.0 Å². The van der Waals surface area contributed by atoms with Crippen LogP contribution in [0.4, 0.5) is 14.6 Å². The number of alkyl halides is 2. The van der Waals surface area contributed by atoms with Crippen molar-refractivity contribution in [3.05, 3.63) is 30.9 Å². The summed E-state index contributed by atoms with van der Waals surface area (Å²) in [6.45, 7) is -0.465. The second kappa shape index (κ2) is 6.07. The van der Waals surface area contributed by atoms with E-state index in [0.29, 0.717) is 33.8 Å². The molecule has 5 rings (SSSR count). The molecule has 1 aliphatic heterocycles. The summed E-state index contributed by atoms with van der Waals surface area (Å²) in [6.07, 6.45) is 7.43. The number of hydrogen-bond acceptors (Lipinski definition) is 5. The highest BCUT2D eigenvalue weighted by molar-refractivity contribution is 6.04. The number of fused-ring (bicyclic) bond motifs is 1. The normalized spacial score (nSPS) is 24.6. The van der Waals surface area contributed by atoms with Crippen molar-refractivity contribution in [3.63, 3.8) is 0 Å². The van der Waals surface area contributed by atoms with Crippen LogP contribution < -0.4 is 4.90 Å². The van der Waals surface area contributed by atoms with E-state index in [-0.39, 0.29) is 17.7 Å². The van der Waals surface area contributed by atoms with E-state index >= 15 is 0 Å². The smallest absolute Gasteiger partial charge is 0.293 e. The number of rotatable bonds is 4. The lowest BCUT2D eigenvalue weighted by Gasteiger charge is -2.23. The van der Waals surface area contributed by atoms with Crippen LogP contribution in [0.5, 0.6) is 0 Å². The van der Waals surface area contributed by atoms with E-state index in [0.717, 1.165) is 12.8 Å². The monoisotopic (exact) mass is 397 g/mol. The van der Waals surface area contributed by atoms with Gasteiger partial charge in [-0.3, -0.25) is 9.69 Å². The molecule has 0 aromatic carbocycles. The number of carbonyl (C=O) groups excluding carboxylic acids is 1. The predicted octanol–water partition coefficient (Wildman–Crippen LogP) is 2.89. The summed E-state index contributed by atoms with van der Waals surface area (Å²) in [7, 11) is 0. The van der Waals surface area contributed by atoms with Gasteiger partial charge in [0, 0.05) is 24.2 Å². The van der Waals surface area contributed by atoms with Gasteiger partial charge in [0.1, 0.15) is 10.9 Å². The molecule has 0 bridgehead atoms. The van der Waals surface area contributed by atoms with Crippen LogP contribution >= 0.6 is 0 Å². The molecule has 1 aliphatic carbocycles. The Kier molecular flexibility index (Phi) is 3.71. The van der Waals surface area contributed by atoms with E-state index in [4.69, 9.17) is 0 Å². The first-order valence-electron chi connectivity index (χ1n) is 9.36. The van der Waals surface area contributed by atoms with Crippen molar-refractivity contribution in [1.29, 1.82) is 5.26 Å². The minimum Gasteiger partial charge on any atom is -0.293 e. The third-order valence-electron chi connectivity index (χ3n) is 5.96. The predicted molar refractivity (Wildman–Crippen MR) is 97.7 cm³/mol. The van der Waals surface area contributed by atoms with Gasteiger partial charge < -0.3 is 0 Å². The fraction of sp³-hybridized carbons (Fsp3) is 0.421. The van der Waals surface area contributed by atoms with Gasteiger partial charge in [0.25, 0.3) is 0 Å². The number of aromatic nitrogens is 5. The molecule has 10 heteroatoms. The molecule has 4 heterocycles. The first-order chi connectivity index (χ1) is 14.0. The van der Waals surface area contributed by atoms with Gasteiger partial charge in [-0.05, 0) is 24.8 Å². The Morgan fingerprint density at radius 2 is 2.10 bits per heavy atom. The van der Waals surface area contributed by atoms with Crippen LogP contribution in [0, 0.1) is 28.6 Å². The molecular weight excluding hydrogens is 380 g/mol. The van der Waals surface area contributed by atoms with Crippen LogP contribution in [-0.4, -0.2) is 36.8 Å². The molecule has 2 atom stereocenters. The fourth-order valence-electron chi connectivity index (χ4n) is 4.31. The van der Waals surface area contributed by atoms with Crippen molar-refractivity contribution in [2.75, 3.05) is 11.4 Å². The highest BCUT2D eigenvalue weighted by atomic mass is 19.3. The Balaban J connectivity index is 1.62. The van der Waals surface area contributed by atoms with Crippen molar-refractivity contribution in [3.8, 4) is 17.3 Å². The minimum absolute atomic E-state index is 0.0772. The molecule has 3 aromatic rings. The maximum atomic E-state index is 13.4. The number of nitrogens with zero attached hydrogens (tertiary/aromatic N) is 7. The van der Waals surface area contributed by atoms with Gasteiger partial charge >= 0.3 is 6.55 Å². The van der Waals surface area contributed by atoms with Crippen LogP contribution in [0.2, 0.25) is 0 Å². The Hall–Kier alpha value is -3.35. The Morgan fingerprint density at radius 3 is 2.76 bits per heavy atom. The number of carbonyl (C=O) groups is 1. The molecule has 148 valence electrons. The largest absolute Gasteiger partial charge is 0.333 e. The van der Waals surface area contributed by atoms with Gasteiger partial charge in [-0.15, -0.1) is 0 Å². The topological polar surface area (TPSA) is 92.1 Å². The van der Waals surface area contributed by atoms with Crippen molar-refractivity contribution in [2.24, 2.45) is 17.3 Å². The Bertz CT molecular complexity index is 1160. The van der Waals surface area contributed by atoms with Crippen LogP contribution in [0.15, 0.2) is 30.9 Å². The summed E-state index contributed by atoms with van der Waals surface area (Å²) >= 11 is 0. The van der Waals surface area contributed by atoms with Crippen LogP contribution in [0.25, 0.3) is 16.8 Å². The third kappa shape index (κ3) is 2.46. The molecule has 8 nitrogen and oxygen atoms in total. The van der Waals surface area contributed by atoms with E-state index in [9.17, 15) is 18.8 Å². The lowest BCUT2D eigenvalue weighted by molar-refractivity contribution is -0.124. The van der Waals surface area contributed by atoms with Crippen molar-refractivity contribution < 1.29 is 13.6 Å². The first-order valence-corrected chi connectivity index (χ1v) is 9.36. The highest BCUT2D eigenvalue weighted by Gasteiger charge is 2.61. The molecule has 0 radical (unpaired) electrons. The SMILES string of the molecule is C[C@@H]1CN(c2nc(-c3cnn(C(F)F)c3)cn3nccc23)C(=O)[C@]1(C#N)C1CC1. The van der Waals surface area contributed by atoms with Crippen LogP contribution in [-0.2, 0) is 4.79 Å². The molecule has 1 saturated heterocycles. The zero-order valence-electron chi connectivity index (χ0n) is 15.5. The molecule has 0 spiro atoms. The number of anilines is 1. The molecule has 29 heavy (non-hydrogen) atoms. The lowest BCUT2D eigenvalue weighted by Crippen LogP contribution is -2.37. The van der Waals surface area contributed by atoms with Crippen molar-refractivity contribution in [2.45, 2.75) is 26.3 Å². The van der Waals surface area contributed by atoms with Crippen LogP contribution in [0.1, 0.15) is 26.3 Å².